The van der Waals surface area contributed by atoms with Crippen LogP contribution in [0.15, 0.2) is 18.2 Å². The number of para-hydroxylation sites is 1. The average Bonchev–Trinajstić information content (AvgIpc) is 2.96. The Morgan fingerprint density at radius 2 is 1.79 bits per heavy atom. The quantitative estimate of drug-likeness (QED) is 0.360. The third kappa shape index (κ3) is 6.39. The Kier molecular flexibility index (Phi) is 7.67. The minimum Gasteiger partial charge on any atom is -0.483 e. The molecule has 0 atom stereocenters. The van der Waals surface area contributed by atoms with E-state index in [0.717, 1.165) is 24.1 Å². The molecular formula is C18H24N2O7S. The normalized spacial score (nSPS) is 14.2. The molecule has 0 fully saturated rings. The molecule has 1 aliphatic heterocycles. The highest BCUT2D eigenvalue weighted by molar-refractivity contribution is 7.95. The van der Waals surface area contributed by atoms with Gasteiger partial charge in [0.1, 0.15) is 25.2 Å². The van der Waals surface area contributed by atoms with Crippen LogP contribution in [0.3, 0.4) is 0 Å². The van der Waals surface area contributed by atoms with Crippen LogP contribution in [0.4, 0.5) is 0 Å². The van der Waals surface area contributed by atoms with E-state index in [4.69, 9.17) is 9.47 Å². The molecule has 154 valence electrons. The standard InChI is InChI=1S/C18H24N2O7S/c1-18(2)8-12-6-5-7-13(17(12)27-18)26-14(21)9-19-28-20(10-15(22)24-3)11-16(23)25-4/h5-7,19H,8-11H2,1-4H3. The van der Waals surface area contributed by atoms with Crippen LogP contribution >= 0.6 is 12.1 Å². The number of nitrogens with zero attached hydrogens (tertiary/aromatic N) is 1. The predicted molar refractivity (Wildman–Crippen MR) is 102 cm³/mol. The van der Waals surface area contributed by atoms with Crippen molar-refractivity contribution in [2.75, 3.05) is 33.9 Å². The summed E-state index contributed by atoms with van der Waals surface area (Å²) in [5.74, 6) is -0.654. The van der Waals surface area contributed by atoms with E-state index in [2.05, 4.69) is 14.2 Å². The first-order chi connectivity index (χ1) is 13.2. The molecule has 0 amide bonds. The Morgan fingerprint density at radius 3 is 2.39 bits per heavy atom. The molecule has 0 unspecified atom stereocenters. The molecular weight excluding hydrogens is 388 g/mol. The van der Waals surface area contributed by atoms with Crippen LogP contribution < -0.4 is 14.2 Å². The van der Waals surface area contributed by atoms with Gasteiger partial charge in [0.15, 0.2) is 11.5 Å². The van der Waals surface area contributed by atoms with Crippen LogP contribution in [0.1, 0.15) is 19.4 Å². The Labute approximate surface area is 167 Å². The molecule has 1 aromatic carbocycles. The summed E-state index contributed by atoms with van der Waals surface area (Å²) < 4.78 is 24.6. The Bertz CT molecular complexity index is 721. The first-order valence-corrected chi connectivity index (χ1v) is 9.31. The minimum atomic E-state index is -0.537. The van der Waals surface area contributed by atoms with Crippen LogP contribution in [-0.4, -0.2) is 61.7 Å². The van der Waals surface area contributed by atoms with Gasteiger partial charge >= 0.3 is 17.9 Å². The smallest absolute Gasteiger partial charge is 0.326 e. The van der Waals surface area contributed by atoms with Gasteiger partial charge in [-0.15, -0.1) is 0 Å². The maximum Gasteiger partial charge on any atom is 0.326 e. The van der Waals surface area contributed by atoms with Gasteiger partial charge in [-0.1, -0.05) is 12.1 Å². The van der Waals surface area contributed by atoms with Gasteiger partial charge in [-0.05, 0) is 19.9 Å². The highest BCUT2D eigenvalue weighted by Crippen LogP contribution is 2.41. The van der Waals surface area contributed by atoms with Crippen molar-refractivity contribution in [2.45, 2.75) is 25.9 Å². The van der Waals surface area contributed by atoms with Crippen molar-refractivity contribution in [3.8, 4) is 11.5 Å². The summed E-state index contributed by atoms with van der Waals surface area (Å²) in [6, 6.07) is 5.42. The van der Waals surface area contributed by atoms with Crippen LogP contribution in [0.2, 0.25) is 0 Å². The first-order valence-electron chi connectivity index (χ1n) is 8.54. The zero-order chi connectivity index (χ0) is 20.7. The minimum absolute atomic E-state index is 0.156. The monoisotopic (exact) mass is 412 g/mol. The van der Waals surface area contributed by atoms with Gasteiger partial charge in [-0.25, -0.2) is 9.03 Å². The van der Waals surface area contributed by atoms with E-state index in [-0.39, 0.29) is 25.2 Å². The van der Waals surface area contributed by atoms with E-state index in [1.165, 1.54) is 18.5 Å². The van der Waals surface area contributed by atoms with Crippen molar-refractivity contribution in [2.24, 2.45) is 0 Å². The number of methoxy groups -OCH3 is 2. The third-order valence-electron chi connectivity index (χ3n) is 3.76. The molecule has 28 heavy (non-hydrogen) atoms. The fourth-order valence-electron chi connectivity index (χ4n) is 2.55. The van der Waals surface area contributed by atoms with E-state index in [0.29, 0.717) is 11.5 Å². The summed E-state index contributed by atoms with van der Waals surface area (Å²) in [7, 11) is 2.49. The summed E-state index contributed by atoms with van der Waals surface area (Å²) in [5.41, 5.74) is 0.640. The lowest BCUT2D eigenvalue weighted by molar-refractivity contribution is -0.143. The van der Waals surface area contributed by atoms with Crippen molar-refractivity contribution in [3.63, 3.8) is 0 Å². The molecule has 0 saturated carbocycles. The molecule has 1 heterocycles. The summed E-state index contributed by atoms with van der Waals surface area (Å²) in [6.07, 6.45) is 0.734. The highest BCUT2D eigenvalue weighted by atomic mass is 32.2. The lowest BCUT2D eigenvalue weighted by Gasteiger charge is -2.19. The number of hydrogen-bond acceptors (Lipinski definition) is 10. The maximum atomic E-state index is 12.2. The summed E-state index contributed by atoms with van der Waals surface area (Å²) in [5, 5.41) is 0. The van der Waals surface area contributed by atoms with Gasteiger partial charge in [0.2, 0.25) is 0 Å². The van der Waals surface area contributed by atoms with E-state index in [1.54, 1.807) is 6.07 Å². The molecule has 1 N–H and O–H groups in total. The molecule has 9 nitrogen and oxygen atoms in total. The van der Waals surface area contributed by atoms with Gasteiger partial charge in [0.25, 0.3) is 0 Å². The SMILES string of the molecule is COC(=O)CN(CC(=O)OC)SNCC(=O)Oc1cccc2c1OC(C)(C)C2. The second-order valence-electron chi connectivity index (χ2n) is 6.62. The second-order valence-corrected chi connectivity index (χ2v) is 7.61. The van der Waals surface area contributed by atoms with Gasteiger partial charge in [0, 0.05) is 24.1 Å². The Balaban J connectivity index is 1.87. The number of benzene rings is 1. The van der Waals surface area contributed by atoms with Gasteiger partial charge in [-0.3, -0.25) is 14.4 Å². The van der Waals surface area contributed by atoms with Crippen molar-refractivity contribution in [1.29, 1.82) is 0 Å². The molecule has 0 aliphatic carbocycles. The summed E-state index contributed by atoms with van der Waals surface area (Å²) >= 11 is 0.923. The van der Waals surface area contributed by atoms with E-state index in [9.17, 15) is 14.4 Å². The molecule has 0 aromatic heterocycles. The Morgan fingerprint density at radius 1 is 1.14 bits per heavy atom. The number of ether oxygens (including phenoxy) is 4. The summed E-state index contributed by atoms with van der Waals surface area (Å²) in [6.45, 7) is 3.46. The molecule has 2 rings (SSSR count). The molecule has 0 radical (unpaired) electrons. The van der Waals surface area contributed by atoms with Crippen molar-refractivity contribution in [1.82, 2.24) is 9.03 Å². The zero-order valence-electron chi connectivity index (χ0n) is 16.3. The fourth-order valence-corrected chi connectivity index (χ4v) is 3.25. The summed E-state index contributed by atoms with van der Waals surface area (Å²) in [4.78, 5) is 35.0. The van der Waals surface area contributed by atoms with Crippen molar-refractivity contribution >= 4 is 30.0 Å². The number of fused-ring (bicyclic) bond motifs is 1. The van der Waals surface area contributed by atoms with Gasteiger partial charge in [-0.2, -0.15) is 0 Å². The third-order valence-corrected chi connectivity index (χ3v) is 4.55. The zero-order valence-corrected chi connectivity index (χ0v) is 17.1. The van der Waals surface area contributed by atoms with Gasteiger partial charge < -0.3 is 18.9 Å². The number of esters is 3. The molecule has 1 aromatic rings. The number of nitrogens with one attached hydrogen (secondary N) is 1. The number of carbonyl (C=O) groups is 3. The number of rotatable bonds is 9. The lowest BCUT2D eigenvalue weighted by Crippen LogP contribution is -2.34. The second kappa shape index (κ2) is 9.76. The van der Waals surface area contributed by atoms with Crippen LogP contribution in [-0.2, 0) is 30.3 Å². The van der Waals surface area contributed by atoms with E-state index in [1.807, 2.05) is 26.0 Å². The number of hydrogen-bond donors (Lipinski definition) is 1. The molecule has 0 bridgehead atoms. The molecule has 0 spiro atoms. The van der Waals surface area contributed by atoms with Gasteiger partial charge in [0.05, 0.1) is 14.2 Å². The largest absolute Gasteiger partial charge is 0.483 e. The van der Waals surface area contributed by atoms with Crippen LogP contribution in [0, 0.1) is 0 Å². The molecule has 1 aliphatic rings. The number of carbonyl (C=O) groups excluding carboxylic acids is 3. The van der Waals surface area contributed by atoms with E-state index >= 15 is 0 Å². The lowest BCUT2D eigenvalue weighted by atomic mass is 10.0. The maximum absolute atomic E-state index is 12.2. The fraction of sp³-hybridized carbons (Fsp3) is 0.500. The topological polar surface area (TPSA) is 103 Å². The van der Waals surface area contributed by atoms with Crippen molar-refractivity contribution in [3.05, 3.63) is 23.8 Å². The van der Waals surface area contributed by atoms with Crippen molar-refractivity contribution < 1.29 is 33.3 Å². The predicted octanol–water partition coefficient (Wildman–Crippen LogP) is 1.11. The van der Waals surface area contributed by atoms with Crippen LogP contribution in [0.5, 0.6) is 11.5 Å². The highest BCUT2D eigenvalue weighted by Gasteiger charge is 2.32. The Hall–Kier alpha value is -2.30. The molecule has 10 heteroatoms. The first kappa shape index (κ1) is 22.0. The average molecular weight is 412 g/mol. The molecule has 0 saturated heterocycles. The van der Waals surface area contributed by atoms with Crippen LogP contribution in [0.25, 0.3) is 0 Å². The van der Waals surface area contributed by atoms with E-state index < -0.39 is 17.9 Å².